The van der Waals surface area contributed by atoms with Gasteiger partial charge < -0.3 is 20.5 Å². The third kappa shape index (κ3) is 7.15. The first kappa shape index (κ1) is 16.0. The molecule has 4 nitrogen and oxygen atoms in total. The lowest BCUT2D eigenvalue weighted by Gasteiger charge is -2.11. The fourth-order valence-corrected chi connectivity index (χ4v) is 1.77. The second kappa shape index (κ2) is 10.8. The van der Waals surface area contributed by atoms with E-state index in [2.05, 4.69) is 23.6 Å². The van der Waals surface area contributed by atoms with E-state index in [9.17, 15) is 0 Å². The topological polar surface area (TPSA) is 53.5 Å². The van der Waals surface area contributed by atoms with Gasteiger partial charge in [-0.2, -0.15) is 0 Å². The fraction of sp³-hybridized carbons (Fsp3) is 0.600. The summed E-state index contributed by atoms with van der Waals surface area (Å²) in [5.41, 5.74) is 1.21. The van der Waals surface area contributed by atoms with Crippen molar-refractivity contribution < 1.29 is 9.84 Å². The summed E-state index contributed by atoms with van der Waals surface area (Å²) in [5.74, 6) is 0.982. The first-order chi connectivity index (χ1) is 9.38. The monoisotopic (exact) mass is 266 g/mol. The van der Waals surface area contributed by atoms with E-state index in [4.69, 9.17) is 9.84 Å². The smallest absolute Gasteiger partial charge is 0.123 e. The quantitative estimate of drug-likeness (QED) is 0.532. The van der Waals surface area contributed by atoms with Crippen molar-refractivity contribution in [1.29, 1.82) is 0 Å². The molecule has 0 saturated carbocycles. The Hall–Kier alpha value is -1.10. The molecule has 3 N–H and O–H groups in total. The van der Waals surface area contributed by atoms with Crippen LogP contribution in [-0.2, 0) is 6.54 Å². The van der Waals surface area contributed by atoms with Gasteiger partial charge in [-0.15, -0.1) is 0 Å². The molecule has 0 saturated heterocycles. The van der Waals surface area contributed by atoms with E-state index in [1.807, 2.05) is 18.2 Å². The van der Waals surface area contributed by atoms with Gasteiger partial charge >= 0.3 is 0 Å². The van der Waals surface area contributed by atoms with E-state index in [1.54, 1.807) is 0 Å². The van der Waals surface area contributed by atoms with E-state index in [0.29, 0.717) is 6.54 Å². The lowest BCUT2D eigenvalue weighted by atomic mass is 10.2. The average molecular weight is 266 g/mol. The van der Waals surface area contributed by atoms with Crippen LogP contribution >= 0.6 is 0 Å². The zero-order valence-electron chi connectivity index (χ0n) is 11.8. The Morgan fingerprint density at radius 2 is 1.89 bits per heavy atom. The Labute approximate surface area is 116 Å². The van der Waals surface area contributed by atoms with Gasteiger partial charge in [-0.3, -0.25) is 0 Å². The molecule has 108 valence electrons. The number of aliphatic hydroxyl groups is 1. The van der Waals surface area contributed by atoms with Crippen molar-refractivity contribution in [3.8, 4) is 5.75 Å². The van der Waals surface area contributed by atoms with Gasteiger partial charge in [0.25, 0.3) is 0 Å². The van der Waals surface area contributed by atoms with Crippen LogP contribution in [0.2, 0.25) is 0 Å². The maximum atomic E-state index is 8.63. The predicted octanol–water partition coefficient (Wildman–Crippen LogP) is 1.54. The molecule has 0 fully saturated rings. The zero-order valence-corrected chi connectivity index (χ0v) is 11.8. The minimum atomic E-state index is 0.204. The molecule has 1 rings (SSSR count). The molecule has 0 atom stereocenters. The molecule has 0 spiro atoms. The van der Waals surface area contributed by atoms with E-state index in [-0.39, 0.29) is 6.61 Å². The normalized spacial score (nSPS) is 10.6. The first-order valence-corrected chi connectivity index (χ1v) is 7.11. The van der Waals surface area contributed by atoms with Gasteiger partial charge in [0.2, 0.25) is 0 Å². The molecule has 0 unspecified atom stereocenters. The molecule has 0 amide bonds. The highest BCUT2D eigenvalue weighted by molar-refractivity contribution is 5.33. The highest BCUT2D eigenvalue weighted by Crippen LogP contribution is 2.17. The van der Waals surface area contributed by atoms with Gasteiger partial charge in [-0.1, -0.05) is 25.1 Å². The van der Waals surface area contributed by atoms with Crippen LogP contribution in [0.3, 0.4) is 0 Å². The number of rotatable bonds is 11. The summed E-state index contributed by atoms with van der Waals surface area (Å²) in [4.78, 5) is 0. The second-order valence-electron chi connectivity index (χ2n) is 4.46. The van der Waals surface area contributed by atoms with Gasteiger partial charge in [0.05, 0.1) is 13.2 Å². The lowest BCUT2D eigenvalue weighted by Crippen LogP contribution is -2.24. The number of hydrogen-bond acceptors (Lipinski definition) is 4. The van der Waals surface area contributed by atoms with Crippen LogP contribution < -0.4 is 15.4 Å². The Morgan fingerprint density at radius 1 is 1.11 bits per heavy atom. The number of aliphatic hydroxyl groups excluding tert-OH is 1. The molecule has 1 aromatic carbocycles. The van der Waals surface area contributed by atoms with Crippen LogP contribution in [0.1, 0.15) is 25.3 Å². The zero-order chi connectivity index (χ0) is 13.8. The van der Waals surface area contributed by atoms with Gasteiger partial charge in [-0.25, -0.2) is 0 Å². The van der Waals surface area contributed by atoms with Crippen LogP contribution in [0, 0.1) is 0 Å². The Kier molecular flexibility index (Phi) is 9.06. The Morgan fingerprint density at radius 3 is 2.68 bits per heavy atom. The number of nitrogens with one attached hydrogen (secondary N) is 2. The predicted molar refractivity (Wildman–Crippen MR) is 78.5 cm³/mol. The van der Waals surface area contributed by atoms with Crippen LogP contribution in [0.4, 0.5) is 0 Å². The minimum absolute atomic E-state index is 0.204. The van der Waals surface area contributed by atoms with Crippen molar-refractivity contribution >= 4 is 0 Å². The van der Waals surface area contributed by atoms with Crippen molar-refractivity contribution in [3.63, 3.8) is 0 Å². The van der Waals surface area contributed by atoms with Gasteiger partial charge in [0.1, 0.15) is 5.75 Å². The maximum absolute atomic E-state index is 8.63. The standard InChI is InChI=1S/C15H26N2O2/c1-2-12-19-15-7-4-3-6-14(15)13-17-9-5-8-16-10-11-18/h3-4,6-7,16-18H,2,5,8-13H2,1H3. The molecule has 0 aliphatic carbocycles. The summed E-state index contributed by atoms with van der Waals surface area (Å²) in [5, 5.41) is 15.2. The Balaban J connectivity index is 2.21. The number of hydrogen-bond donors (Lipinski definition) is 3. The molecule has 4 heteroatoms. The second-order valence-corrected chi connectivity index (χ2v) is 4.46. The summed E-state index contributed by atoms with van der Waals surface area (Å²) in [7, 11) is 0. The molecule has 0 aliphatic rings. The summed E-state index contributed by atoms with van der Waals surface area (Å²) in [6, 6.07) is 8.17. The van der Waals surface area contributed by atoms with Crippen LogP contribution in [0.5, 0.6) is 5.75 Å². The van der Waals surface area contributed by atoms with Gasteiger partial charge in [0, 0.05) is 18.7 Å². The van der Waals surface area contributed by atoms with E-state index >= 15 is 0 Å². The molecule has 0 radical (unpaired) electrons. The molecule has 0 bridgehead atoms. The first-order valence-electron chi connectivity index (χ1n) is 7.11. The van der Waals surface area contributed by atoms with Crippen LogP contribution in [0.15, 0.2) is 24.3 Å². The van der Waals surface area contributed by atoms with Crippen LogP contribution in [-0.4, -0.2) is 38.0 Å². The SMILES string of the molecule is CCCOc1ccccc1CNCCCNCCO. The van der Waals surface area contributed by atoms with E-state index in [0.717, 1.165) is 44.8 Å². The van der Waals surface area contributed by atoms with Crippen molar-refractivity contribution in [3.05, 3.63) is 29.8 Å². The molecule has 0 heterocycles. The third-order valence-corrected chi connectivity index (χ3v) is 2.75. The van der Waals surface area contributed by atoms with Crippen molar-refractivity contribution in [1.82, 2.24) is 10.6 Å². The van der Waals surface area contributed by atoms with Crippen LogP contribution in [0.25, 0.3) is 0 Å². The minimum Gasteiger partial charge on any atom is -0.493 e. The van der Waals surface area contributed by atoms with Crippen molar-refractivity contribution in [2.75, 3.05) is 32.8 Å². The maximum Gasteiger partial charge on any atom is 0.123 e. The Bertz CT molecular complexity index is 332. The molecule has 0 aliphatic heterocycles. The molecular weight excluding hydrogens is 240 g/mol. The summed E-state index contributed by atoms with van der Waals surface area (Å²) >= 11 is 0. The molecule has 19 heavy (non-hydrogen) atoms. The highest BCUT2D eigenvalue weighted by atomic mass is 16.5. The van der Waals surface area contributed by atoms with Crippen molar-refractivity contribution in [2.24, 2.45) is 0 Å². The average Bonchev–Trinajstić information content (AvgIpc) is 2.45. The van der Waals surface area contributed by atoms with Gasteiger partial charge in [-0.05, 0) is 32.0 Å². The number of ether oxygens (including phenoxy) is 1. The lowest BCUT2D eigenvalue weighted by molar-refractivity contribution is 0.292. The third-order valence-electron chi connectivity index (χ3n) is 2.75. The van der Waals surface area contributed by atoms with Gasteiger partial charge in [0.15, 0.2) is 0 Å². The summed E-state index contributed by atoms with van der Waals surface area (Å²) in [6.07, 6.45) is 2.08. The highest BCUT2D eigenvalue weighted by Gasteiger charge is 2.01. The van der Waals surface area contributed by atoms with E-state index in [1.165, 1.54) is 5.56 Å². The number of benzene rings is 1. The largest absolute Gasteiger partial charge is 0.493 e. The molecule has 0 aromatic heterocycles. The number of para-hydroxylation sites is 1. The molecule has 1 aromatic rings. The molecular formula is C15H26N2O2. The van der Waals surface area contributed by atoms with Crippen molar-refractivity contribution in [2.45, 2.75) is 26.3 Å². The summed E-state index contributed by atoms with van der Waals surface area (Å²) < 4.78 is 5.72. The fourth-order valence-electron chi connectivity index (χ4n) is 1.77. The van der Waals surface area contributed by atoms with E-state index < -0.39 is 0 Å². The summed E-state index contributed by atoms with van der Waals surface area (Å²) in [6.45, 7) is 6.48.